The molecule has 0 aromatic heterocycles. The van der Waals surface area contributed by atoms with Gasteiger partial charge in [-0.25, -0.2) is 12.8 Å². The SMILES string of the molecule is CC(=O)c1ccc(N2CCN(S(=O)(=O)c3cccc(OC(F)(F)F)c3)CC2)c(F)c1. The largest absolute Gasteiger partial charge is 0.573 e. The Hall–Kier alpha value is -2.66. The molecular formula is C19H18F4N2O4S. The van der Waals surface area contributed by atoms with Crippen molar-refractivity contribution >= 4 is 21.5 Å². The minimum Gasteiger partial charge on any atom is -0.406 e. The molecule has 2 aromatic carbocycles. The molecule has 0 unspecified atom stereocenters. The maximum Gasteiger partial charge on any atom is 0.573 e. The van der Waals surface area contributed by atoms with Crippen molar-refractivity contribution in [3.8, 4) is 5.75 Å². The van der Waals surface area contributed by atoms with E-state index in [2.05, 4.69) is 4.74 Å². The van der Waals surface area contributed by atoms with Gasteiger partial charge in [-0.3, -0.25) is 4.79 Å². The van der Waals surface area contributed by atoms with E-state index in [1.165, 1.54) is 25.1 Å². The van der Waals surface area contributed by atoms with E-state index >= 15 is 0 Å². The van der Waals surface area contributed by atoms with Gasteiger partial charge in [-0.2, -0.15) is 4.31 Å². The average molecular weight is 446 g/mol. The fourth-order valence-corrected chi connectivity index (χ4v) is 4.59. The highest BCUT2D eigenvalue weighted by Crippen LogP contribution is 2.28. The lowest BCUT2D eigenvalue weighted by Crippen LogP contribution is -2.48. The Morgan fingerprint density at radius 2 is 1.70 bits per heavy atom. The van der Waals surface area contributed by atoms with Crippen LogP contribution in [0.25, 0.3) is 0 Å². The van der Waals surface area contributed by atoms with Crippen molar-refractivity contribution in [1.82, 2.24) is 4.31 Å². The molecule has 1 aliphatic heterocycles. The Kier molecular flexibility index (Phi) is 6.04. The molecule has 6 nitrogen and oxygen atoms in total. The smallest absolute Gasteiger partial charge is 0.406 e. The van der Waals surface area contributed by atoms with Gasteiger partial charge in [-0.05, 0) is 37.3 Å². The molecule has 0 saturated carbocycles. The quantitative estimate of drug-likeness (QED) is 0.520. The molecule has 0 atom stereocenters. The van der Waals surface area contributed by atoms with Crippen molar-refractivity contribution < 1.29 is 35.5 Å². The van der Waals surface area contributed by atoms with E-state index in [-0.39, 0.29) is 48.1 Å². The van der Waals surface area contributed by atoms with E-state index in [1.807, 2.05) is 0 Å². The first-order valence-electron chi connectivity index (χ1n) is 8.89. The molecule has 0 radical (unpaired) electrons. The van der Waals surface area contributed by atoms with Gasteiger partial charge < -0.3 is 9.64 Å². The zero-order valence-corrected chi connectivity index (χ0v) is 16.6. The lowest BCUT2D eigenvalue weighted by Gasteiger charge is -2.35. The number of hydrogen-bond donors (Lipinski definition) is 0. The summed E-state index contributed by atoms with van der Waals surface area (Å²) in [6.45, 7) is 1.70. The van der Waals surface area contributed by atoms with Gasteiger partial charge in [-0.15, -0.1) is 13.2 Å². The predicted octanol–water partition coefficient (Wildman–Crippen LogP) is 3.44. The summed E-state index contributed by atoms with van der Waals surface area (Å²) < 4.78 is 82.0. The first-order chi connectivity index (χ1) is 14.0. The Labute approximate surface area is 170 Å². The highest BCUT2D eigenvalue weighted by atomic mass is 32.2. The van der Waals surface area contributed by atoms with Crippen LogP contribution in [0.1, 0.15) is 17.3 Å². The Bertz CT molecular complexity index is 1050. The summed E-state index contributed by atoms with van der Waals surface area (Å²) in [5, 5.41) is 0. The van der Waals surface area contributed by atoms with Gasteiger partial charge in [-0.1, -0.05) is 6.07 Å². The van der Waals surface area contributed by atoms with E-state index in [4.69, 9.17) is 0 Å². The monoisotopic (exact) mass is 446 g/mol. The number of ether oxygens (including phenoxy) is 1. The second-order valence-electron chi connectivity index (χ2n) is 6.64. The molecule has 3 rings (SSSR count). The number of benzene rings is 2. The number of carbonyl (C=O) groups is 1. The summed E-state index contributed by atoms with van der Waals surface area (Å²) in [5.74, 6) is -1.49. The summed E-state index contributed by atoms with van der Waals surface area (Å²) in [6.07, 6.45) is -4.93. The molecule has 0 bridgehead atoms. The van der Waals surface area contributed by atoms with Crippen molar-refractivity contribution in [2.24, 2.45) is 0 Å². The van der Waals surface area contributed by atoms with Crippen LogP contribution in [0.5, 0.6) is 5.75 Å². The maximum absolute atomic E-state index is 14.3. The topological polar surface area (TPSA) is 66.9 Å². The zero-order valence-electron chi connectivity index (χ0n) is 15.8. The molecule has 0 N–H and O–H groups in total. The van der Waals surface area contributed by atoms with Gasteiger partial charge >= 0.3 is 6.36 Å². The molecule has 0 spiro atoms. The molecule has 1 heterocycles. The number of nitrogens with zero attached hydrogens (tertiary/aromatic N) is 2. The second-order valence-corrected chi connectivity index (χ2v) is 8.57. The summed E-state index contributed by atoms with van der Waals surface area (Å²) in [4.78, 5) is 12.7. The number of rotatable bonds is 5. The molecule has 1 saturated heterocycles. The van der Waals surface area contributed by atoms with Gasteiger partial charge in [0.2, 0.25) is 10.0 Å². The van der Waals surface area contributed by atoms with E-state index in [1.54, 1.807) is 4.90 Å². The molecule has 0 amide bonds. The van der Waals surface area contributed by atoms with Gasteiger partial charge in [0.15, 0.2) is 5.78 Å². The standard InChI is InChI=1S/C19H18F4N2O4S/c1-13(26)14-5-6-18(17(20)11-14)24-7-9-25(10-8-24)30(27,28)16-4-2-3-15(12-16)29-19(21,22)23/h2-6,11-12H,7-10H2,1H3. The molecule has 162 valence electrons. The van der Waals surface area contributed by atoms with Crippen molar-refractivity contribution in [2.45, 2.75) is 18.2 Å². The van der Waals surface area contributed by atoms with E-state index in [0.29, 0.717) is 0 Å². The minimum absolute atomic E-state index is 0.0145. The van der Waals surface area contributed by atoms with Crippen LogP contribution in [0.2, 0.25) is 0 Å². The highest BCUT2D eigenvalue weighted by Gasteiger charge is 2.33. The molecule has 0 aliphatic carbocycles. The van der Waals surface area contributed by atoms with Crippen LogP contribution in [0.3, 0.4) is 0 Å². The lowest BCUT2D eigenvalue weighted by molar-refractivity contribution is -0.274. The van der Waals surface area contributed by atoms with Crippen molar-refractivity contribution in [1.29, 1.82) is 0 Å². The molecule has 1 aliphatic rings. The van der Waals surface area contributed by atoms with Gasteiger partial charge in [0.25, 0.3) is 0 Å². The van der Waals surface area contributed by atoms with Crippen LogP contribution in [0, 0.1) is 5.82 Å². The van der Waals surface area contributed by atoms with Gasteiger partial charge in [0.05, 0.1) is 10.6 Å². The summed E-state index contributed by atoms with van der Waals surface area (Å²) in [7, 11) is -4.05. The highest BCUT2D eigenvalue weighted by molar-refractivity contribution is 7.89. The van der Waals surface area contributed by atoms with Crippen molar-refractivity contribution in [3.63, 3.8) is 0 Å². The third-order valence-electron chi connectivity index (χ3n) is 4.61. The number of hydrogen-bond acceptors (Lipinski definition) is 5. The van der Waals surface area contributed by atoms with Crippen molar-refractivity contribution in [2.75, 3.05) is 31.1 Å². The fraction of sp³-hybridized carbons (Fsp3) is 0.316. The number of ketones is 1. The Morgan fingerprint density at radius 1 is 1.03 bits per heavy atom. The van der Waals surface area contributed by atoms with Gasteiger partial charge in [0, 0.05) is 37.8 Å². The van der Waals surface area contributed by atoms with Crippen LogP contribution < -0.4 is 9.64 Å². The van der Waals surface area contributed by atoms with Crippen LogP contribution in [0.15, 0.2) is 47.4 Å². The molecule has 1 fully saturated rings. The van der Waals surface area contributed by atoms with Gasteiger partial charge in [0.1, 0.15) is 11.6 Å². The number of piperazine rings is 1. The molecule has 2 aromatic rings. The first-order valence-corrected chi connectivity index (χ1v) is 10.3. The van der Waals surface area contributed by atoms with E-state index in [9.17, 15) is 30.8 Å². The normalized spacial score (nSPS) is 15.8. The number of sulfonamides is 1. The van der Waals surface area contributed by atoms with Crippen LogP contribution in [-0.2, 0) is 10.0 Å². The summed E-state index contributed by atoms with van der Waals surface area (Å²) in [6, 6.07) is 8.27. The fourth-order valence-electron chi connectivity index (χ4n) is 3.13. The zero-order chi connectivity index (χ0) is 22.1. The molecule has 30 heavy (non-hydrogen) atoms. The number of alkyl halides is 3. The number of halogens is 4. The third-order valence-corrected chi connectivity index (χ3v) is 6.51. The van der Waals surface area contributed by atoms with Crippen LogP contribution in [-0.4, -0.2) is 51.0 Å². The minimum atomic E-state index is -4.93. The van der Waals surface area contributed by atoms with E-state index in [0.717, 1.165) is 28.6 Å². The van der Waals surface area contributed by atoms with E-state index < -0.39 is 28.0 Å². The predicted molar refractivity (Wildman–Crippen MR) is 101 cm³/mol. The number of Topliss-reactive ketones (excluding diaryl/α,β-unsaturated/α-hetero) is 1. The number of carbonyl (C=O) groups excluding carboxylic acids is 1. The Morgan fingerprint density at radius 3 is 2.27 bits per heavy atom. The van der Waals surface area contributed by atoms with Crippen LogP contribution >= 0.6 is 0 Å². The number of anilines is 1. The maximum atomic E-state index is 14.3. The van der Waals surface area contributed by atoms with Crippen LogP contribution in [0.4, 0.5) is 23.2 Å². The van der Waals surface area contributed by atoms with Crippen molar-refractivity contribution in [3.05, 3.63) is 53.8 Å². The molecule has 11 heteroatoms. The summed E-state index contributed by atoms with van der Waals surface area (Å²) in [5.41, 5.74) is 0.482. The molecular weight excluding hydrogens is 428 g/mol. The Balaban J connectivity index is 1.73. The summed E-state index contributed by atoms with van der Waals surface area (Å²) >= 11 is 0. The second kappa shape index (κ2) is 8.23. The average Bonchev–Trinajstić information content (AvgIpc) is 2.67. The third kappa shape index (κ3) is 4.90. The lowest BCUT2D eigenvalue weighted by atomic mass is 10.1. The first kappa shape index (κ1) is 22.0.